The third-order valence-corrected chi connectivity index (χ3v) is 4.99. The molecule has 1 aliphatic heterocycles. The Labute approximate surface area is 171 Å². The number of rotatable bonds is 6. The van der Waals surface area contributed by atoms with Gasteiger partial charge in [-0.3, -0.25) is 9.59 Å². The minimum Gasteiger partial charge on any atom is -0.493 e. The molecule has 1 heterocycles. The van der Waals surface area contributed by atoms with Crippen molar-refractivity contribution in [1.82, 2.24) is 4.90 Å². The standard InChI is InChI=1S/C23H28N2O4/c1-15(2)23(27)25-10-9-17-6-7-19(12-18(17)13-25)24-22(26)14-29-20-8-5-16(3)11-21(20)28-4/h5-8,11-12,15H,9-10,13-14H2,1-4H3,(H,24,26). The highest BCUT2D eigenvalue weighted by Gasteiger charge is 2.22. The lowest BCUT2D eigenvalue weighted by Crippen LogP contribution is -2.38. The molecular weight excluding hydrogens is 368 g/mol. The quantitative estimate of drug-likeness (QED) is 0.811. The van der Waals surface area contributed by atoms with Crippen molar-refractivity contribution < 1.29 is 19.1 Å². The van der Waals surface area contributed by atoms with Crippen LogP contribution in [-0.4, -0.2) is 37.0 Å². The molecule has 0 bridgehead atoms. The Bertz CT molecular complexity index is 908. The molecule has 0 saturated carbocycles. The molecule has 6 nitrogen and oxygen atoms in total. The molecule has 3 rings (SSSR count). The molecule has 1 aliphatic rings. The molecule has 1 N–H and O–H groups in total. The van der Waals surface area contributed by atoms with Crippen LogP contribution in [0.15, 0.2) is 36.4 Å². The Morgan fingerprint density at radius 1 is 1.10 bits per heavy atom. The summed E-state index contributed by atoms with van der Waals surface area (Å²) < 4.78 is 10.9. The first-order chi connectivity index (χ1) is 13.9. The zero-order valence-electron chi connectivity index (χ0n) is 17.5. The summed E-state index contributed by atoms with van der Waals surface area (Å²) in [6.07, 6.45) is 0.832. The maximum absolute atomic E-state index is 12.3. The van der Waals surface area contributed by atoms with Gasteiger partial charge in [0.1, 0.15) is 0 Å². The molecule has 6 heteroatoms. The Hall–Kier alpha value is -3.02. The molecule has 0 atom stereocenters. The van der Waals surface area contributed by atoms with Crippen LogP contribution in [0, 0.1) is 12.8 Å². The van der Waals surface area contributed by atoms with Crippen LogP contribution in [0.3, 0.4) is 0 Å². The van der Waals surface area contributed by atoms with Crippen LogP contribution in [0.5, 0.6) is 11.5 Å². The average molecular weight is 396 g/mol. The van der Waals surface area contributed by atoms with E-state index in [9.17, 15) is 9.59 Å². The van der Waals surface area contributed by atoms with Crippen molar-refractivity contribution >= 4 is 17.5 Å². The van der Waals surface area contributed by atoms with Gasteiger partial charge in [0.05, 0.1) is 7.11 Å². The average Bonchev–Trinajstić information content (AvgIpc) is 2.71. The van der Waals surface area contributed by atoms with E-state index in [1.807, 2.05) is 56.0 Å². The van der Waals surface area contributed by atoms with Gasteiger partial charge >= 0.3 is 0 Å². The molecular formula is C23H28N2O4. The van der Waals surface area contributed by atoms with E-state index in [0.717, 1.165) is 24.1 Å². The fraction of sp³-hybridized carbons (Fsp3) is 0.391. The number of methoxy groups -OCH3 is 1. The molecule has 154 valence electrons. The molecule has 0 unspecified atom stereocenters. The van der Waals surface area contributed by atoms with Crippen molar-refractivity contribution in [3.05, 3.63) is 53.1 Å². The van der Waals surface area contributed by atoms with Crippen LogP contribution in [0.1, 0.15) is 30.5 Å². The first kappa shape index (κ1) is 20.7. The fourth-order valence-electron chi connectivity index (χ4n) is 3.42. The summed E-state index contributed by atoms with van der Waals surface area (Å²) in [5.74, 6) is 1.02. The number of hydrogen-bond acceptors (Lipinski definition) is 4. The summed E-state index contributed by atoms with van der Waals surface area (Å²) in [5, 5.41) is 2.87. The van der Waals surface area contributed by atoms with Crippen molar-refractivity contribution in [2.45, 2.75) is 33.7 Å². The third kappa shape index (κ3) is 5.08. The van der Waals surface area contributed by atoms with Crippen molar-refractivity contribution in [3.63, 3.8) is 0 Å². The second-order valence-corrected chi connectivity index (χ2v) is 7.64. The first-order valence-corrected chi connectivity index (χ1v) is 9.85. The maximum Gasteiger partial charge on any atom is 0.262 e. The van der Waals surface area contributed by atoms with Gasteiger partial charge in [0, 0.05) is 24.7 Å². The summed E-state index contributed by atoms with van der Waals surface area (Å²) in [4.78, 5) is 26.5. The Morgan fingerprint density at radius 3 is 2.62 bits per heavy atom. The zero-order valence-corrected chi connectivity index (χ0v) is 17.5. The summed E-state index contributed by atoms with van der Waals surface area (Å²) in [5.41, 5.74) is 4.05. The van der Waals surface area contributed by atoms with Crippen LogP contribution in [0.4, 0.5) is 5.69 Å². The highest BCUT2D eigenvalue weighted by atomic mass is 16.5. The van der Waals surface area contributed by atoms with Crippen molar-refractivity contribution in [2.75, 3.05) is 25.6 Å². The highest BCUT2D eigenvalue weighted by molar-refractivity contribution is 5.92. The predicted octanol–water partition coefficient (Wildman–Crippen LogP) is 3.56. The van der Waals surface area contributed by atoms with Crippen LogP contribution in [0.2, 0.25) is 0 Å². The monoisotopic (exact) mass is 396 g/mol. The SMILES string of the molecule is COc1cc(C)ccc1OCC(=O)Nc1ccc2c(c1)CN(C(=O)C(C)C)CC2. The minimum absolute atomic E-state index is 0.0182. The molecule has 0 spiro atoms. The van der Waals surface area contributed by atoms with E-state index >= 15 is 0 Å². The number of carbonyl (C=O) groups is 2. The number of hydrogen-bond donors (Lipinski definition) is 1. The second kappa shape index (κ2) is 8.99. The van der Waals surface area contributed by atoms with Crippen molar-refractivity contribution in [2.24, 2.45) is 5.92 Å². The van der Waals surface area contributed by atoms with Gasteiger partial charge in [-0.05, 0) is 54.3 Å². The van der Waals surface area contributed by atoms with Gasteiger partial charge < -0.3 is 19.7 Å². The minimum atomic E-state index is -0.251. The molecule has 0 fully saturated rings. The number of ether oxygens (including phenoxy) is 2. The summed E-state index contributed by atoms with van der Waals surface area (Å²) in [6, 6.07) is 11.4. The summed E-state index contributed by atoms with van der Waals surface area (Å²) >= 11 is 0. The number of carbonyl (C=O) groups excluding carboxylic acids is 2. The van der Waals surface area contributed by atoms with Gasteiger partial charge in [-0.2, -0.15) is 0 Å². The van der Waals surface area contributed by atoms with E-state index < -0.39 is 0 Å². The van der Waals surface area contributed by atoms with Gasteiger partial charge in [-0.25, -0.2) is 0 Å². The molecule has 29 heavy (non-hydrogen) atoms. The molecule has 2 aromatic rings. The summed E-state index contributed by atoms with van der Waals surface area (Å²) in [7, 11) is 1.57. The van der Waals surface area contributed by atoms with E-state index in [1.165, 1.54) is 5.56 Å². The van der Waals surface area contributed by atoms with Gasteiger partial charge in [-0.15, -0.1) is 0 Å². The molecule has 0 aromatic heterocycles. The van der Waals surface area contributed by atoms with E-state index in [0.29, 0.717) is 23.7 Å². The number of nitrogens with zero attached hydrogens (tertiary/aromatic N) is 1. The number of nitrogens with one attached hydrogen (secondary N) is 1. The topological polar surface area (TPSA) is 67.9 Å². The second-order valence-electron chi connectivity index (χ2n) is 7.64. The predicted molar refractivity (Wildman–Crippen MR) is 112 cm³/mol. The van der Waals surface area contributed by atoms with Crippen molar-refractivity contribution in [3.8, 4) is 11.5 Å². The zero-order chi connectivity index (χ0) is 21.0. The lowest BCUT2D eigenvalue weighted by atomic mass is 9.98. The normalized spacial score (nSPS) is 13.1. The maximum atomic E-state index is 12.3. The number of benzene rings is 2. The summed E-state index contributed by atoms with van der Waals surface area (Å²) in [6.45, 7) is 6.99. The lowest BCUT2D eigenvalue weighted by Gasteiger charge is -2.30. The van der Waals surface area contributed by atoms with Crippen LogP contribution in [0.25, 0.3) is 0 Å². The fourth-order valence-corrected chi connectivity index (χ4v) is 3.42. The molecule has 2 amide bonds. The van der Waals surface area contributed by atoms with Crippen molar-refractivity contribution in [1.29, 1.82) is 0 Å². The lowest BCUT2D eigenvalue weighted by molar-refractivity contribution is -0.135. The van der Waals surface area contributed by atoms with Gasteiger partial charge in [0.2, 0.25) is 5.91 Å². The van der Waals surface area contributed by atoms with E-state index in [2.05, 4.69) is 5.32 Å². The third-order valence-electron chi connectivity index (χ3n) is 4.99. The number of amides is 2. The van der Waals surface area contributed by atoms with Crippen LogP contribution in [-0.2, 0) is 22.6 Å². The van der Waals surface area contributed by atoms with E-state index in [-0.39, 0.29) is 24.3 Å². The van der Waals surface area contributed by atoms with Gasteiger partial charge in [-0.1, -0.05) is 26.0 Å². The highest BCUT2D eigenvalue weighted by Crippen LogP contribution is 2.28. The van der Waals surface area contributed by atoms with Gasteiger partial charge in [0.25, 0.3) is 5.91 Å². The number of anilines is 1. The first-order valence-electron chi connectivity index (χ1n) is 9.85. The smallest absolute Gasteiger partial charge is 0.262 e. The Balaban J connectivity index is 1.62. The van der Waals surface area contributed by atoms with E-state index in [4.69, 9.17) is 9.47 Å². The Morgan fingerprint density at radius 2 is 1.90 bits per heavy atom. The van der Waals surface area contributed by atoms with Crippen LogP contribution >= 0.6 is 0 Å². The van der Waals surface area contributed by atoms with Gasteiger partial charge in [0.15, 0.2) is 18.1 Å². The number of fused-ring (bicyclic) bond motifs is 1. The molecule has 0 radical (unpaired) electrons. The number of aryl methyl sites for hydroxylation is 1. The molecule has 0 saturated heterocycles. The largest absolute Gasteiger partial charge is 0.493 e. The Kier molecular flexibility index (Phi) is 6.42. The van der Waals surface area contributed by atoms with E-state index in [1.54, 1.807) is 13.2 Å². The molecule has 2 aromatic carbocycles. The van der Waals surface area contributed by atoms with Crippen LogP contribution < -0.4 is 14.8 Å². The molecule has 0 aliphatic carbocycles.